The molecule has 7 fully saturated rings. The van der Waals surface area contributed by atoms with Gasteiger partial charge in [0.1, 0.15) is 12.1 Å². The molecule has 5 aliphatic carbocycles. The van der Waals surface area contributed by atoms with Crippen molar-refractivity contribution in [3.8, 4) is 0 Å². The second kappa shape index (κ2) is 12.2. The molecule has 14 atom stereocenters. The third-order valence-corrected chi connectivity index (χ3v) is 13.8. The number of hydroxylamine groups is 2. The van der Waals surface area contributed by atoms with Gasteiger partial charge in [-0.2, -0.15) is 5.06 Å². The minimum absolute atomic E-state index is 0.0572. The van der Waals surface area contributed by atoms with Crippen LogP contribution in [0.4, 0.5) is 0 Å². The zero-order valence-electron chi connectivity index (χ0n) is 27.1. The third-order valence-electron chi connectivity index (χ3n) is 13.8. The van der Waals surface area contributed by atoms with Gasteiger partial charge in [0.15, 0.2) is 0 Å². The molecule has 8 heteroatoms. The van der Waals surface area contributed by atoms with E-state index in [1.807, 2.05) is 12.2 Å². The highest BCUT2D eigenvalue weighted by molar-refractivity contribution is 5.82. The number of fused-ring (bicyclic) bond motifs is 3. The SMILES string of the molecule is COC1C(CN2O[C@@H](CO)[C@H]([C@H](C)O)[C@H]2C(=O)N[C@H]2C[C@H]3C[C@H]([C@@H]2C)C3(C)C)CCCC1C1CCCC2C1CCN2C. The third kappa shape index (κ3) is 5.28. The zero-order chi connectivity index (χ0) is 29.9. The highest BCUT2D eigenvalue weighted by Gasteiger charge is 2.58. The van der Waals surface area contributed by atoms with Crippen LogP contribution in [0.25, 0.3) is 0 Å². The lowest BCUT2D eigenvalue weighted by Crippen LogP contribution is -2.62. The molecule has 2 heterocycles. The Balaban J connectivity index is 1.19. The summed E-state index contributed by atoms with van der Waals surface area (Å²) in [5.74, 6) is 3.41. The molecule has 5 saturated carbocycles. The molecule has 0 spiro atoms. The second-order valence-electron chi connectivity index (χ2n) is 15.9. The lowest BCUT2D eigenvalue weighted by molar-refractivity contribution is -0.193. The summed E-state index contributed by atoms with van der Waals surface area (Å²) >= 11 is 0. The molecular formula is C34H59N3O5. The first-order valence-electron chi connectivity index (χ1n) is 17.3. The van der Waals surface area contributed by atoms with E-state index in [1.165, 1.54) is 51.5 Å². The first kappa shape index (κ1) is 31.2. The first-order chi connectivity index (χ1) is 20.1. The Kier molecular flexibility index (Phi) is 9.07. The van der Waals surface area contributed by atoms with Gasteiger partial charge in [0, 0.05) is 37.6 Å². The van der Waals surface area contributed by atoms with Crippen LogP contribution in [0, 0.1) is 52.8 Å². The molecule has 2 saturated heterocycles. The fourth-order valence-corrected chi connectivity index (χ4v) is 11.3. The van der Waals surface area contributed by atoms with E-state index in [2.05, 4.69) is 38.0 Å². The van der Waals surface area contributed by atoms with Crippen LogP contribution in [0.1, 0.15) is 85.5 Å². The van der Waals surface area contributed by atoms with Gasteiger partial charge in [-0.1, -0.05) is 33.6 Å². The molecule has 0 radical (unpaired) electrons. The van der Waals surface area contributed by atoms with Crippen LogP contribution < -0.4 is 5.32 Å². The van der Waals surface area contributed by atoms with Gasteiger partial charge in [0.2, 0.25) is 5.91 Å². The molecule has 1 amide bonds. The van der Waals surface area contributed by atoms with Gasteiger partial charge in [0.25, 0.3) is 0 Å². The molecule has 2 aliphatic heterocycles. The summed E-state index contributed by atoms with van der Waals surface area (Å²) < 4.78 is 6.35. The number of hydrogen-bond donors (Lipinski definition) is 3. The topological polar surface area (TPSA) is 94.5 Å². The van der Waals surface area contributed by atoms with Crippen LogP contribution in [-0.4, -0.2) is 96.4 Å². The Morgan fingerprint density at radius 2 is 1.83 bits per heavy atom. The molecule has 0 aromatic rings. The number of ether oxygens (including phenoxy) is 1. The van der Waals surface area contributed by atoms with Crippen LogP contribution in [0.15, 0.2) is 0 Å². The standard InChI is InChI=1S/C34H59N3O5/c1-19-26-15-22(34(26,3)4)16-27(19)35-33(40)31-30(20(2)39)29(18-38)42-37(31)17-21-9-7-11-25(32(21)41-6)23-10-8-12-28-24(23)13-14-36(28)5/h19-32,38-39H,7-18H2,1-6H3,(H,35,40)/t19-,20-,21?,22+,23?,24?,25?,26+,27-,28?,29-,30-,31-,32?/m0/s1. The summed E-state index contributed by atoms with van der Waals surface area (Å²) in [7, 11) is 4.17. The van der Waals surface area contributed by atoms with Gasteiger partial charge in [-0.05, 0) is 106 Å². The Labute approximate surface area is 254 Å². The molecule has 7 aliphatic rings. The molecule has 0 aromatic heterocycles. The van der Waals surface area contributed by atoms with Crippen molar-refractivity contribution in [2.75, 3.05) is 33.9 Å². The Morgan fingerprint density at radius 3 is 2.50 bits per heavy atom. The van der Waals surface area contributed by atoms with Gasteiger partial charge >= 0.3 is 0 Å². The molecule has 240 valence electrons. The Morgan fingerprint density at radius 1 is 1.10 bits per heavy atom. The summed E-state index contributed by atoms with van der Waals surface area (Å²) in [5.41, 5.74) is 0.353. The lowest BCUT2D eigenvalue weighted by atomic mass is 9.45. The average molecular weight is 590 g/mol. The number of aliphatic hydroxyl groups is 2. The number of amides is 1. The van der Waals surface area contributed by atoms with Crippen LogP contribution in [0.3, 0.4) is 0 Å². The van der Waals surface area contributed by atoms with Gasteiger partial charge in [-0.3, -0.25) is 9.63 Å². The lowest BCUT2D eigenvalue weighted by Gasteiger charge is -2.62. The van der Waals surface area contributed by atoms with E-state index in [0.717, 1.165) is 18.8 Å². The van der Waals surface area contributed by atoms with Gasteiger partial charge in [-0.25, -0.2) is 0 Å². The van der Waals surface area contributed by atoms with E-state index in [0.29, 0.717) is 47.6 Å². The van der Waals surface area contributed by atoms with E-state index in [4.69, 9.17) is 9.57 Å². The van der Waals surface area contributed by atoms with Gasteiger partial charge in [0.05, 0.1) is 18.8 Å². The maximum absolute atomic E-state index is 14.1. The van der Waals surface area contributed by atoms with E-state index in [9.17, 15) is 15.0 Å². The highest BCUT2D eigenvalue weighted by Crippen LogP contribution is 2.61. The minimum Gasteiger partial charge on any atom is -0.394 e. The van der Waals surface area contributed by atoms with Crippen molar-refractivity contribution in [2.45, 2.75) is 122 Å². The quantitative estimate of drug-likeness (QED) is 0.398. The van der Waals surface area contributed by atoms with Crippen molar-refractivity contribution in [3.63, 3.8) is 0 Å². The van der Waals surface area contributed by atoms with E-state index >= 15 is 0 Å². The molecule has 0 aromatic carbocycles. The second-order valence-corrected chi connectivity index (χ2v) is 15.9. The molecule has 7 rings (SSSR count). The van der Waals surface area contributed by atoms with Gasteiger partial charge in [-0.15, -0.1) is 0 Å². The summed E-state index contributed by atoms with van der Waals surface area (Å²) in [5, 5.41) is 26.4. The summed E-state index contributed by atoms with van der Waals surface area (Å²) in [6, 6.07) is 0.238. The van der Waals surface area contributed by atoms with E-state index < -0.39 is 24.2 Å². The number of hydrogen-bond acceptors (Lipinski definition) is 7. The van der Waals surface area contributed by atoms with Crippen LogP contribution in [0.5, 0.6) is 0 Å². The number of nitrogens with zero attached hydrogens (tertiary/aromatic N) is 2. The molecule has 42 heavy (non-hydrogen) atoms. The summed E-state index contributed by atoms with van der Waals surface area (Å²) in [6.45, 7) is 10.4. The van der Waals surface area contributed by atoms with Crippen molar-refractivity contribution < 1.29 is 24.6 Å². The number of methoxy groups -OCH3 is 1. The average Bonchev–Trinajstić information content (AvgIpc) is 3.54. The van der Waals surface area contributed by atoms with Crippen LogP contribution in [0.2, 0.25) is 0 Å². The maximum atomic E-state index is 14.1. The Hall–Kier alpha value is -0.770. The monoisotopic (exact) mass is 589 g/mol. The fraction of sp³-hybridized carbons (Fsp3) is 0.971. The number of nitrogens with one attached hydrogen (secondary N) is 1. The van der Waals surface area contributed by atoms with Crippen molar-refractivity contribution in [2.24, 2.45) is 52.8 Å². The summed E-state index contributed by atoms with van der Waals surface area (Å²) in [6.07, 6.45) is 9.71. The molecule has 3 N–H and O–H groups in total. The summed E-state index contributed by atoms with van der Waals surface area (Å²) in [4.78, 5) is 23.1. The smallest absolute Gasteiger partial charge is 0.240 e. The number of rotatable bonds is 8. The van der Waals surface area contributed by atoms with Crippen molar-refractivity contribution in [1.82, 2.24) is 15.3 Å². The van der Waals surface area contributed by atoms with Crippen LogP contribution in [-0.2, 0) is 14.4 Å². The van der Waals surface area contributed by atoms with Crippen molar-refractivity contribution in [3.05, 3.63) is 0 Å². The normalized spacial score (nSPS) is 48.0. The zero-order valence-corrected chi connectivity index (χ0v) is 27.1. The van der Waals surface area contributed by atoms with E-state index in [1.54, 1.807) is 6.92 Å². The molecular weight excluding hydrogens is 530 g/mol. The fourth-order valence-electron chi connectivity index (χ4n) is 11.3. The van der Waals surface area contributed by atoms with Crippen molar-refractivity contribution >= 4 is 5.91 Å². The largest absolute Gasteiger partial charge is 0.394 e. The van der Waals surface area contributed by atoms with Gasteiger partial charge < -0.3 is 25.2 Å². The molecule has 2 bridgehead atoms. The van der Waals surface area contributed by atoms with Crippen LogP contribution >= 0.6 is 0 Å². The first-order valence-corrected chi connectivity index (χ1v) is 17.3. The number of carbonyl (C=O) groups is 1. The molecule has 8 nitrogen and oxygen atoms in total. The maximum Gasteiger partial charge on any atom is 0.240 e. The predicted octanol–water partition coefficient (Wildman–Crippen LogP) is 3.70. The molecule has 6 unspecified atom stereocenters. The number of carbonyl (C=O) groups excluding carboxylic acids is 1. The predicted molar refractivity (Wildman–Crippen MR) is 162 cm³/mol. The number of aliphatic hydroxyl groups excluding tert-OH is 2. The van der Waals surface area contributed by atoms with Crippen molar-refractivity contribution in [1.29, 1.82) is 0 Å². The Bertz CT molecular complexity index is 961. The highest BCUT2D eigenvalue weighted by atomic mass is 16.7. The van der Waals surface area contributed by atoms with E-state index in [-0.39, 0.29) is 30.6 Å². The minimum atomic E-state index is -0.769. The number of likely N-dealkylation sites (tertiary alicyclic amines) is 1.